The number of hydrogen-bond acceptors (Lipinski definition) is 6. The van der Waals surface area contributed by atoms with Crippen LogP contribution in [0.4, 0.5) is 5.95 Å². The quantitative estimate of drug-likeness (QED) is 0.785. The molecule has 0 unspecified atom stereocenters. The number of benzene rings is 1. The first-order valence-electron chi connectivity index (χ1n) is 11.0. The number of fused-ring (bicyclic) bond motifs is 1. The van der Waals surface area contributed by atoms with E-state index >= 15 is 0 Å². The van der Waals surface area contributed by atoms with Crippen molar-refractivity contribution in [3.63, 3.8) is 0 Å². The number of methoxy groups -OCH3 is 1. The molecule has 1 saturated heterocycles. The van der Waals surface area contributed by atoms with Crippen LogP contribution < -0.4 is 15.0 Å². The standard InChI is InChI=1S/C23H32N4O3/c1-16-19-7-6-18(30-2)14-20(19)26-22(25-16)27-12-8-17(9-13-27)21(28)24-15-23(29)10-4-3-5-11-23/h6-7,14,17,29H,3-5,8-13,15H2,1-2H3,(H,24,28). The number of aryl methyl sites for hydroxylation is 1. The van der Waals surface area contributed by atoms with E-state index in [1.807, 2.05) is 25.1 Å². The molecule has 2 aliphatic rings. The fraction of sp³-hybridized carbons (Fsp3) is 0.609. The van der Waals surface area contributed by atoms with Crippen LogP contribution in [-0.2, 0) is 4.79 Å². The number of piperidine rings is 1. The van der Waals surface area contributed by atoms with E-state index in [4.69, 9.17) is 14.7 Å². The maximum absolute atomic E-state index is 12.6. The fourth-order valence-corrected chi connectivity index (χ4v) is 4.65. The maximum Gasteiger partial charge on any atom is 0.226 e. The molecule has 2 heterocycles. The average molecular weight is 413 g/mol. The lowest BCUT2D eigenvalue weighted by molar-refractivity contribution is -0.127. The number of aliphatic hydroxyl groups is 1. The van der Waals surface area contributed by atoms with Gasteiger partial charge >= 0.3 is 0 Å². The zero-order chi connectivity index (χ0) is 21.1. The van der Waals surface area contributed by atoms with Gasteiger partial charge in [0.1, 0.15) is 5.75 Å². The Morgan fingerprint density at radius 3 is 2.67 bits per heavy atom. The number of amides is 1. The molecule has 1 aliphatic carbocycles. The molecular formula is C23H32N4O3. The van der Waals surface area contributed by atoms with Gasteiger partial charge in [-0.05, 0) is 44.7 Å². The topological polar surface area (TPSA) is 87.6 Å². The predicted molar refractivity (Wildman–Crippen MR) is 117 cm³/mol. The number of nitrogens with zero attached hydrogens (tertiary/aromatic N) is 3. The molecule has 1 saturated carbocycles. The normalized spacial score (nSPS) is 19.6. The maximum atomic E-state index is 12.6. The summed E-state index contributed by atoms with van der Waals surface area (Å²) in [5.41, 5.74) is 1.10. The van der Waals surface area contributed by atoms with E-state index in [-0.39, 0.29) is 11.8 Å². The van der Waals surface area contributed by atoms with E-state index in [0.29, 0.717) is 12.5 Å². The second-order valence-corrected chi connectivity index (χ2v) is 8.76. The van der Waals surface area contributed by atoms with E-state index in [9.17, 15) is 9.90 Å². The molecule has 2 aromatic rings. The van der Waals surface area contributed by atoms with E-state index in [1.165, 1.54) is 6.42 Å². The molecule has 4 rings (SSSR count). The van der Waals surface area contributed by atoms with Gasteiger partial charge in [0.05, 0.1) is 23.9 Å². The number of carbonyl (C=O) groups excluding carboxylic acids is 1. The molecule has 0 spiro atoms. The molecule has 0 atom stereocenters. The number of carbonyl (C=O) groups is 1. The van der Waals surface area contributed by atoms with E-state index < -0.39 is 5.60 Å². The third-order valence-corrected chi connectivity index (χ3v) is 6.61. The Morgan fingerprint density at radius 1 is 1.23 bits per heavy atom. The van der Waals surface area contributed by atoms with Crippen molar-refractivity contribution in [2.75, 3.05) is 31.6 Å². The summed E-state index contributed by atoms with van der Waals surface area (Å²) < 4.78 is 5.33. The van der Waals surface area contributed by atoms with E-state index in [2.05, 4.69) is 10.2 Å². The van der Waals surface area contributed by atoms with Gasteiger partial charge in [-0.1, -0.05) is 19.3 Å². The number of rotatable bonds is 5. The van der Waals surface area contributed by atoms with Gasteiger partial charge in [0.2, 0.25) is 11.9 Å². The fourth-order valence-electron chi connectivity index (χ4n) is 4.65. The molecule has 1 aromatic carbocycles. The number of aromatic nitrogens is 2. The molecule has 1 aliphatic heterocycles. The predicted octanol–water partition coefficient (Wildman–Crippen LogP) is 2.97. The van der Waals surface area contributed by atoms with Crippen LogP contribution in [0.3, 0.4) is 0 Å². The molecule has 162 valence electrons. The molecule has 1 aromatic heterocycles. The van der Waals surface area contributed by atoms with Gasteiger partial charge in [-0.25, -0.2) is 9.97 Å². The highest BCUT2D eigenvalue weighted by molar-refractivity contribution is 5.83. The first kappa shape index (κ1) is 20.8. The zero-order valence-corrected chi connectivity index (χ0v) is 18.0. The molecule has 0 bridgehead atoms. The van der Waals surface area contributed by atoms with Gasteiger partial charge in [-0.15, -0.1) is 0 Å². The summed E-state index contributed by atoms with van der Waals surface area (Å²) in [6, 6.07) is 5.85. The third kappa shape index (κ3) is 4.51. The van der Waals surface area contributed by atoms with Gasteiger partial charge in [-0.3, -0.25) is 4.79 Å². The summed E-state index contributed by atoms with van der Waals surface area (Å²) in [7, 11) is 1.65. The Kier molecular flexibility index (Phi) is 6.09. The van der Waals surface area contributed by atoms with Gasteiger partial charge in [-0.2, -0.15) is 0 Å². The molecule has 1 amide bonds. The van der Waals surface area contributed by atoms with Crippen LogP contribution in [0.1, 0.15) is 50.6 Å². The zero-order valence-electron chi connectivity index (χ0n) is 18.0. The summed E-state index contributed by atoms with van der Waals surface area (Å²) in [4.78, 5) is 24.2. The second-order valence-electron chi connectivity index (χ2n) is 8.76. The Bertz CT molecular complexity index is 903. The minimum atomic E-state index is -0.716. The lowest BCUT2D eigenvalue weighted by Crippen LogP contribution is -2.47. The Labute approximate surface area is 177 Å². The van der Waals surface area contributed by atoms with Crippen molar-refractivity contribution >= 4 is 22.8 Å². The van der Waals surface area contributed by atoms with Crippen LogP contribution in [0, 0.1) is 12.8 Å². The highest BCUT2D eigenvalue weighted by Gasteiger charge is 2.32. The molecule has 7 nitrogen and oxygen atoms in total. The summed E-state index contributed by atoms with van der Waals surface area (Å²) in [5, 5.41) is 14.6. The number of nitrogens with one attached hydrogen (secondary N) is 1. The SMILES string of the molecule is COc1ccc2c(C)nc(N3CCC(C(=O)NCC4(O)CCCCC4)CC3)nc2c1. The molecule has 2 N–H and O–H groups in total. The van der Waals surface area contributed by atoms with Gasteiger partial charge in [0.25, 0.3) is 0 Å². The third-order valence-electron chi connectivity index (χ3n) is 6.61. The van der Waals surface area contributed by atoms with Crippen LogP contribution in [0.15, 0.2) is 18.2 Å². The smallest absolute Gasteiger partial charge is 0.226 e. The highest BCUT2D eigenvalue weighted by Crippen LogP contribution is 2.28. The molecule has 0 radical (unpaired) electrons. The largest absolute Gasteiger partial charge is 0.497 e. The van der Waals surface area contributed by atoms with Crippen LogP contribution in [0.5, 0.6) is 5.75 Å². The van der Waals surface area contributed by atoms with E-state index in [0.717, 1.165) is 74.0 Å². The van der Waals surface area contributed by atoms with Crippen molar-refractivity contribution in [1.82, 2.24) is 15.3 Å². The Hall–Kier alpha value is -2.41. The Balaban J connectivity index is 1.36. The Morgan fingerprint density at radius 2 is 1.97 bits per heavy atom. The number of ether oxygens (including phenoxy) is 1. The van der Waals surface area contributed by atoms with Crippen molar-refractivity contribution in [3.8, 4) is 5.75 Å². The molecule has 30 heavy (non-hydrogen) atoms. The lowest BCUT2D eigenvalue weighted by atomic mass is 9.84. The summed E-state index contributed by atoms with van der Waals surface area (Å²) in [6.45, 7) is 3.87. The second kappa shape index (κ2) is 8.76. The lowest BCUT2D eigenvalue weighted by Gasteiger charge is -2.34. The summed E-state index contributed by atoms with van der Waals surface area (Å²) in [6.07, 6.45) is 6.37. The minimum absolute atomic E-state index is 0.0184. The van der Waals surface area contributed by atoms with Crippen molar-refractivity contribution in [3.05, 3.63) is 23.9 Å². The van der Waals surface area contributed by atoms with Crippen LogP contribution in [0.25, 0.3) is 10.9 Å². The van der Waals surface area contributed by atoms with Crippen molar-refractivity contribution < 1.29 is 14.6 Å². The van der Waals surface area contributed by atoms with Gasteiger partial charge in [0.15, 0.2) is 0 Å². The van der Waals surface area contributed by atoms with Gasteiger partial charge < -0.3 is 20.1 Å². The monoisotopic (exact) mass is 412 g/mol. The number of anilines is 1. The average Bonchev–Trinajstić information content (AvgIpc) is 2.77. The van der Waals surface area contributed by atoms with Crippen LogP contribution in [-0.4, -0.2) is 53.3 Å². The van der Waals surface area contributed by atoms with Crippen LogP contribution >= 0.6 is 0 Å². The first-order chi connectivity index (χ1) is 14.5. The molecule has 7 heteroatoms. The minimum Gasteiger partial charge on any atom is -0.497 e. The highest BCUT2D eigenvalue weighted by atomic mass is 16.5. The van der Waals surface area contributed by atoms with Crippen molar-refractivity contribution in [1.29, 1.82) is 0 Å². The number of hydrogen-bond donors (Lipinski definition) is 2. The molecular weight excluding hydrogens is 380 g/mol. The first-order valence-corrected chi connectivity index (χ1v) is 11.0. The summed E-state index contributed by atoms with van der Waals surface area (Å²) in [5.74, 6) is 1.54. The van der Waals surface area contributed by atoms with Crippen LogP contribution in [0.2, 0.25) is 0 Å². The van der Waals surface area contributed by atoms with Crippen molar-refractivity contribution in [2.24, 2.45) is 5.92 Å². The summed E-state index contributed by atoms with van der Waals surface area (Å²) >= 11 is 0. The van der Waals surface area contributed by atoms with E-state index in [1.54, 1.807) is 7.11 Å². The van der Waals surface area contributed by atoms with Crippen molar-refractivity contribution in [2.45, 2.75) is 57.5 Å². The van der Waals surface area contributed by atoms with Gasteiger partial charge in [0, 0.05) is 37.0 Å². The molecule has 2 fully saturated rings.